The SMILES string of the molecule is CN=C(NCC(C)Cc1cccs1)NCC(C)(C)NC(=O)OC(C)(C)C. The lowest BCUT2D eigenvalue weighted by atomic mass is 10.1. The van der Waals surface area contributed by atoms with Gasteiger partial charge in [0.25, 0.3) is 0 Å². The van der Waals surface area contributed by atoms with Crippen molar-refractivity contribution in [2.45, 2.75) is 59.1 Å². The fraction of sp³-hybridized carbons (Fsp3) is 0.684. The number of rotatable bonds is 7. The zero-order chi connectivity index (χ0) is 19.8. The molecule has 0 aliphatic heterocycles. The smallest absolute Gasteiger partial charge is 0.408 e. The molecule has 148 valence electrons. The predicted molar refractivity (Wildman–Crippen MR) is 110 cm³/mol. The molecule has 1 amide bonds. The molecule has 0 bridgehead atoms. The van der Waals surface area contributed by atoms with Crippen LogP contribution in [0.3, 0.4) is 0 Å². The molecule has 1 unspecified atom stereocenters. The van der Waals surface area contributed by atoms with Crippen LogP contribution in [0.25, 0.3) is 0 Å². The maximum absolute atomic E-state index is 11.9. The van der Waals surface area contributed by atoms with Crippen LogP contribution in [0.15, 0.2) is 22.5 Å². The molecule has 6 nitrogen and oxygen atoms in total. The zero-order valence-electron chi connectivity index (χ0n) is 17.1. The molecule has 0 aromatic carbocycles. The Balaban J connectivity index is 2.38. The number of carbonyl (C=O) groups excluding carboxylic acids is 1. The van der Waals surface area contributed by atoms with Crippen LogP contribution >= 0.6 is 11.3 Å². The maximum atomic E-state index is 11.9. The molecule has 0 saturated carbocycles. The third-order valence-corrected chi connectivity index (χ3v) is 4.41. The van der Waals surface area contributed by atoms with Gasteiger partial charge >= 0.3 is 6.09 Å². The van der Waals surface area contributed by atoms with Crippen molar-refractivity contribution in [3.8, 4) is 0 Å². The van der Waals surface area contributed by atoms with Gasteiger partial charge in [-0.05, 0) is 58.4 Å². The van der Waals surface area contributed by atoms with Crippen LogP contribution in [-0.2, 0) is 11.2 Å². The minimum Gasteiger partial charge on any atom is -0.444 e. The van der Waals surface area contributed by atoms with E-state index in [0.717, 1.165) is 18.9 Å². The summed E-state index contributed by atoms with van der Waals surface area (Å²) in [4.78, 5) is 17.6. The van der Waals surface area contributed by atoms with E-state index in [1.54, 1.807) is 18.4 Å². The molecule has 0 spiro atoms. The maximum Gasteiger partial charge on any atom is 0.408 e. The molecule has 1 aromatic rings. The summed E-state index contributed by atoms with van der Waals surface area (Å²) in [6.07, 6.45) is 0.629. The van der Waals surface area contributed by atoms with Crippen LogP contribution in [0.5, 0.6) is 0 Å². The molecule has 1 aromatic heterocycles. The molecule has 3 N–H and O–H groups in total. The summed E-state index contributed by atoms with van der Waals surface area (Å²) >= 11 is 1.79. The summed E-state index contributed by atoms with van der Waals surface area (Å²) in [5.41, 5.74) is -0.980. The molecule has 26 heavy (non-hydrogen) atoms. The Morgan fingerprint density at radius 2 is 1.96 bits per heavy atom. The van der Waals surface area contributed by atoms with Gasteiger partial charge in [-0.1, -0.05) is 13.0 Å². The van der Waals surface area contributed by atoms with Crippen molar-refractivity contribution >= 4 is 23.4 Å². The Bertz CT molecular complexity index is 577. The number of carbonyl (C=O) groups is 1. The van der Waals surface area contributed by atoms with Crippen molar-refractivity contribution in [3.05, 3.63) is 22.4 Å². The molecular formula is C19H34N4O2S. The first-order valence-corrected chi connectivity index (χ1v) is 9.87. The number of aliphatic imine (C=N–C) groups is 1. The van der Waals surface area contributed by atoms with Crippen LogP contribution < -0.4 is 16.0 Å². The molecule has 0 saturated heterocycles. The van der Waals surface area contributed by atoms with E-state index in [-0.39, 0.29) is 0 Å². The molecule has 0 fully saturated rings. The molecule has 0 radical (unpaired) electrons. The van der Waals surface area contributed by atoms with Gasteiger partial charge in [-0.2, -0.15) is 0 Å². The number of hydrogen-bond acceptors (Lipinski definition) is 4. The first-order chi connectivity index (χ1) is 12.0. The Kier molecular flexibility index (Phi) is 8.40. The monoisotopic (exact) mass is 382 g/mol. The van der Waals surface area contributed by atoms with E-state index in [2.05, 4.69) is 45.4 Å². The lowest BCUT2D eigenvalue weighted by Gasteiger charge is -2.29. The minimum atomic E-state index is -0.510. The largest absolute Gasteiger partial charge is 0.444 e. The van der Waals surface area contributed by atoms with E-state index in [1.807, 2.05) is 34.6 Å². The first-order valence-electron chi connectivity index (χ1n) is 8.99. The predicted octanol–water partition coefficient (Wildman–Crippen LogP) is 3.40. The highest BCUT2D eigenvalue weighted by Crippen LogP contribution is 2.13. The van der Waals surface area contributed by atoms with Gasteiger partial charge < -0.3 is 20.7 Å². The summed E-state index contributed by atoms with van der Waals surface area (Å²) in [6, 6.07) is 4.25. The topological polar surface area (TPSA) is 74.8 Å². The van der Waals surface area contributed by atoms with Gasteiger partial charge in [-0.25, -0.2) is 4.79 Å². The normalized spacial score (nSPS) is 13.9. The van der Waals surface area contributed by atoms with Gasteiger partial charge in [-0.15, -0.1) is 11.3 Å². The fourth-order valence-electron chi connectivity index (χ4n) is 2.26. The van der Waals surface area contributed by atoms with E-state index < -0.39 is 17.2 Å². The van der Waals surface area contributed by atoms with Gasteiger partial charge in [-0.3, -0.25) is 4.99 Å². The highest BCUT2D eigenvalue weighted by atomic mass is 32.1. The second-order valence-electron chi connectivity index (χ2n) is 8.21. The zero-order valence-corrected chi connectivity index (χ0v) is 17.9. The van der Waals surface area contributed by atoms with Crippen molar-refractivity contribution < 1.29 is 9.53 Å². The van der Waals surface area contributed by atoms with E-state index in [0.29, 0.717) is 12.5 Å². The lowest BCUT2D eigenvalue weighted by Crippen LogP contribution is -2.54. The third-order valence-electron chi connectivity index (χ3n) is 3.51. The number of ether oxygens (including phenoxy) is 1. The number of amides is 1. The fourth-order valence-corrected chi connectivity index (χ4v) is 3.13. The number of hydrogen-bond donors (Lipinski definition) is 3. The molecule has 1 rings (SSSR count). The van der Waals surface area contributed by atoms with Crippen LogP contribution in [-0.4, -0.2) is 43.3 Å². The van der Waals surface area contributed by atoms with E-state index >= 15 is 0 Å². The Labute approximate surface area is 161 Å². The highest BCUT2D eigenvalue weighted by Gasteiger charge is 2.24. The quantitative estimate of drug-likeness (QED) is 0.499. The van der Waals surface area contributed by atoms with E-state index in [1.165, 1.54) is 4.88 Å². The second kappa shape index (κ2) is 9.80. The second-order valence-corrected chi connectivity index (χ2v) is 9.24. The lowest BCUT2D eigenvalue weighted by molar-refractivity contribution is 0.0474. The molecule has 0 aliphatic carbocycles. The van der Waals surface area contributed by atoms with Crippen molar-refractivity contribution in [2.24, 2.45) is 10.9 Å². The molecule has 1 atom stereocenters. The number of thiophene rings is 1. The van der Waals surface area contributed by atoms with Gasteiger partial charge in [0, 0.05) is 25.0 Å². The summed E-state index contributed by atoms with van der Waals surface area (Å²) < 4.78 is 5.31. The van der Waals surface area contributed by atoms with Crippen molar-refractivity contribution in [3.63, 3.8) is 0 Å². The van der Waals surface area contributed by atoms with E-state index in [9.17, 15) is 4.79 Å². The molecule has 7 heteroatoms. The first kappa shape index (κ1) is 22.3. The molecular weight excluding hydrogens is 348 g/mol. The van der Waals surface area contributed by atoms with Gasteiger partial charge in [0.2, 0.25) is 0 Å². The van der Waals surface area contributed by atoms with Crippen LogP contribution in [0, 0.1) is 5.92 Å². The highest BCUT2D eigenvalue weighted by molar-refractivity contribution is 7.09. The third kappa shape index (κ3) is 9.65. The van der Waals surface area contributed by atoms with Crippen molar-refractivity contribution in [1.82, 2.24) is 16.0 Å². The number of nitrogens with one attached hydrogen (secondary N) is 3. The van der Waals surface area contributed by atoms with Gasteiger partial charge in [0.15, 0.2) is 5.96 Å². The van der Waals surface area contributed by atoms with Crippen LogP contribution in [0.4, 0.5) is 4.79 Å². The summed E-state index contributed by atoms with van der Waals surface area (Å²) in [5.74, 6) is 1.22. The average molecular weight is 383 g/mol. The summed E-state index contributed by atoms with van der Waals surface area (Å²) in [7, 11) is 1.74. The van der Waals surface area contributed by atoms with Crippen LogP contribution in [0.1, 0.15) is 46.4 Å². The molecule has 0 aliphatic rings. The van der Waals surface area contributed by atoms with Gasteiger partial charge in [0.05, 0.1) is 5.54 Å². The standard InChI is InChI=1S/C19H34N4O2S/c1-14(11-15-9-8-10-26-15)12-21-16(20-7)22-13-19(5,6)23-17(24)25-18(2,3)4/h8-10,14H,11-13H2,1-7H3,(H,23,24)(H2,20,21,22). The number of guanidine groups is 1. The Morgan fingerprint density at radius 3 is 2.50 bits per heavy atom. The Hall–Kier alpha value is -1.76. The number of alkyl carbamates (subject to hydrolysis) is 1. The van der Waals surface area contributed by atoms with E-state index in [4.69, 9.17) is 4.74 Å². The minimum absolute atomic E-state index is 0.420. The number of nitrogens with zero attached hydrogens (tertiary/aromatic N) is 1. The molecule has 1 heterocycles. The van der Waals surface area contributed by atoms with Gasteiger partial charge in [0.1, 0.15) is 5.60 Å². The van der Waals surface area contributed by atoms with Crippen molar-refractivity contribution in [2.75, 3.05) is 20.1 Å². The summed E-state index contributed by atoms with van der Waals surface area (Å²) in [6.45, 7) is 13.0. The van der Waals surface area contributed by atoms with Crippen LogP contribution in [0.2, 0.25) is 0 Å². The van der Waals surface area contributed by atoms with Crippen molar-refractivity contribution in [1.29, 1.82) is 0 Å². The average Bonchev–Trinajstić information content (AvgIpc) is 2.97. The summed E-state index contributed by atoms with van der Waals surface area (Å²) in [5, 5.41) is 11.6. The Morgan fingerprint density at radius 1 is 1.27 bits per heavy atom.